The van der Waals surface area contributed by atoms with Crippen molar-refractivity contribution in [3.05, 3.63) is 64.4 Å². The smallest absolute Gasteiger partial charge is 0.251 e. The summed E-state index contributed by atoms with van der Waals surface area (Å²) in [6.45, 7) is 1.12. The zero-order valence-electron chi connectivity index (χ0n) is 13.0. The Kier molecular flexibility index (Phi) is 5.75. The minimum atomic E-state index is -0.621. The van der Waals surface area contributed by atoms with E-state index in [-0.39, 0.29) is 12.2 Å². The molecule has 118 valence electrons. The maximum absolute atomic E-state index is 11.6. The summed E-state index contributed by atoms with van der Waals surface area (Å²) in [5, 5.41) is 10.1. The summed E-state index contributed by atoms with van der Waals surface area (Å²) in [7, 11) is 3.56. The van der Waals surface area contributed by atoms with Crippen LogP contribution < -0.4 is 10.5 Å². The molecule has 0 spiro atoms. The van der Waals surface area contributed by atoms with Gasteiger partial charge in [0.1, 0.15) is 5.82 Å². The number of likely N-dealkylation sites (N-methyl/N-ethyl adjacent to an activating group) is 1. The normalized spacial score (nSPS) is 12.1. The topological polar surface area (TPSA) is 54.7 Å². The van der Waals surface area contributed by atoms with Crippen molar-refractivity contribution < 1.29 is 9.84 Å². The van der Waals surface area contributed by atoms with E-state index in [1.54, 1.807) is 17.7 Å². The van der Waals surface area contributed by atoms with Gasteiger partial charge in [-0.15, -0.1) is 0 Å². The van der Waals surface area contributed by atoms with E-state index < -0.39 is 6.10 Å². The molecular weight excluding hydrogens is 280 g/mol. The van der Waals surface area contributed by atoms with Gasteiger partial charge in [0.2, 0.25) is 0 Å². The number of aliphatic hydroxyl groups excluding tert-OH is 1. The Labute approximate surface area is 130 Å². The zero-order chi connectivity index (χ0) is 15.9. The van der Waals surface area contributed by atoms with Crippen molar-refractivity contribution in [2.45, 2.75) is 12.7 Å². The second-order valence-electron chi connectivity index (χ2n) is 5.32. The summed E-state index contributed by atoms with van der Waals surface area (Å²) >= 11 is 0. The minimum Gasteiger partial charge on any atom is -0.389 e. The molecule has 1 atom stereocenters. The van der Waals surface area contributed by atoms with E-state index in [2.05, 4.69) is 0 Å². The summed E-state index contributed by atoms with van der Waals surface area (Å²) in [5.41, 5.74) is 1.01. The summed E-state index contributed by atoms with van der Waals surface area (Å²) in [6.07, 6.45) is -0.621. The number of rotatable bonds is 7. The largest absolute Gasteiger partial charge is 0.389 e. The Hall–Kier alpha value is -2.11. The lowest BCUT2D eigenvalue weighted by molar-refractivity contribution is 0.0323. The van der Waals surface area contributed by atoms with Crippen LogP contribution in [0.5, 0.6) is 0 Å². The first kappa shape index (κ1) is 16.3. The number of ether oxygens (including phenoxy) is 1. The van der Waals surface area contributed by atoms with Crippen LogP contribution in [0.4, 0.5) is 5.82 Å². The van der Waals surface area contributed by atoms with Crippen LogP contribution in [0, 0.1) is 0 Å². The molecule has 0 aliphatic carbocycles. The van der Waals surface area contributed by atoms with Crippen molar-refractivity contribution in [3.63, 3.8) is 0 Å². The van der Waals surface area contributed by atoms with Crippen molar-refractivity contribution in [2.75, 3.05) is 25.1 Å². The van der Waals surface area contributed by atoms with Gasteiger partial charge in [0.05, 0.1) is 19.3 Å². The van der Waals surface area contributed by atoms with Crippen LogP contribution in [0.3, 0.4) is 0 Å². The fraction of sp³-hybridized carbons (Fsp3) is 0.353. The Morgan fingerprint density at radius 3 is 2.64 bits per heavy atom. The van der Waals surface area contributed by atoms with E-state index in [0.717, 1.165) is 11.4 Å². The Morgan fingerprint density at radius 2 is 1.91 bits per heavy atom. The third-order valence-electron chi connectivity index (χ3n) is 3.46. The molecule has 1 aromatic heterocycles. The van der Waals surface area contributed by atoms with Crippen LogP contribution >= 0.6 is 0 Å². The van der Waals surface area contributed by atoms with Gasteiger partial charge in [-0.25, -0.2) is 0 Å². The van der Waals surface area contributed by atoms with Gasteiger partial charge >= 0.3 is 0 Å². The first-order valence-corrected chi connectivity index (χ1v) is 7.25. The number of pyridine rings is 1. The molecule has 22 heavy (non-hydrogen) atoms. The molecule has 0 bridgehead atoms. The monoisotopic (exact) mass is 302 g/mol. The molecule has 0 aliphatic rings. The van der Waals surface area contributed by atoms with Crippen molar-refractivity contribution >= 4 is 5.82 Å². The lowest BCUT2D eigenvalue weighted by atomic mass is 10.2. The molecule has 0 saturated heterocycles. The molecule has 0 aliphatic heterocycles. The predicted octanol–water partition coefficient (Wildman–Crippen LogP) is 1.40. The molecule has 0 unspecified atom stereocenters. The van der Waals surface area contributed by atoms with E-state index in [4.69, 9.17) is 4.74 Å². The highest BCUT2D eigenvalue weighted by Gasteiger charge is 2.11. The van der Waals surface area contributed by atoms with Crippen LogP contribution in [0.1, 0.15) is 5.56 Å². The fourth-order valence-electron chi connectivity index (χ4n) is 2.29. The van der Waals surface area contributed by atoms with Crippen LogP contribution in [0.2, 0.25) is 0 Å². The lowest BCUT2D eigenvalue weighted by Gasteiger charge is -2.24. The molecule has 1 N–H and O–H groups in total. The number of nitrogens with zero attached hydrogens (tertiary/aromatic N) is 2. The van der Waals surface area contributed by atoms with E-state index in [1.165, 1.54) is 6.07 Å². The fourth-order valence-corrected chi connectivity index (χ4v) is 2.29. The maximum atomic E-state index is 11.6. The van der Waals surface area contributed by atoms with Crippen LogP contribution in [0.25, 0.3) is 0 Å². The number of anilines is 1. The molecular formula is C17H22N2O3. The highest BCUT2D eigenvalue weighted by molar-refractivity contribution is 5.38. The average Bonchev–Trinajstić information content (AvgIpc) is 2.51. The Bertz CT molecular complexity index is 640. The molecule has 0 fully saturated rings. The third kappa shape index (κ3) is 4.44. The van der Waals surface area contributed by atoms with Crippen LogP contribution in [0.15, 0.2) is 53.3 Å². The number of benzene rings is 1. The molecule has 5 heteroatoms. The average molecular weight is 302 g/mol. The van der Waals surface area contributed by atoms with Crippen molar-refractivity contribution in [3.8, 4) is 0 Å². The number of hydrogen-bond donors (Lipinski definition) is 1. The number of hydrogen-bond acceptors (Lipinski definition) is 4. The lowest BCUT2D eigenvalue weighted by Crippen LogP contribution is -2.35. The van der Waals surface area contributed by atoms with Crippen LogP contribution in [-0.4, -0.2) is 36.0 Å². The summed E-state index contributed by atoms with van der Waals surface area (Å²) in [5.74, 6) is 0.759. The molecule has 1 aromatic carbocycles. The molecule has 2 aromatic rings. The van der Waals surface area contributed by atoms with E-state index in [9.17, 15) is 9.90 Å². The number of aliphatic hydroxyl groups is 1. The summed E-state index contributed by atoms with van der Waals surface area (Å²) in [4.78, 5) is 13.5. The third-order valence-corrected chi connectivity index (χ3v) is 3.46. The SMILES string of the molecule is CN(C[C@@H](O)COCc1ccccc1)c1cccc(=O)n1C. The summed E-state index contributed by atoms with van der Waals surface area (Å²) < 4.78 is 7.08. The first-order chi connectivity index (χ1) is 10.6. The molecule has 5 nitrogen and oxygen atoms in total. The van der Waals surface area contributed by atoms with E-state index >= 15 is 0 Å². The van der Waals surface area contributed by atoms with Gasteiger partial charge in [-0.3, -0.25) is 9.36 Å². The Balaban J connectivity index is 1.82. The first-order valence-electron chi connectivity index (χ1n) is 7.25. The minimum absolute atomic E-state index is 0.0702. The highest BCUT2D eigenvalue weighted by atomic mass is 16.5. The van der Waals surface area contributed by atoms with Gasteiger partial charge < -0.3 is 14.7 Å². The molecule has 2 rings (SSSR count). The predicted molar refractivity (Wildman–Crippen MR) is 87.1 cm³/mol. The molecule has 1 heterocycles. The second kappa shape index (κ2) is 7.77. The zero-order valence-corrected chi connectivity index (χ0v) is 13.0. The standard InChI is InChI=1S/C17H22N2O3/c1-18(16-9-6-10-17(21)19(16)2)11-15(20)13-22-12-14-7-4-3-5-8-14/h3-10,15,20H,11-13H2,1-2H3/t15-/m1/s1. The molecule has 0 amide bonds. The van der Waals surface area contributed by atoms with Gasteiger partial charge in [0.15, 0.2) is 0 Å². The van der Waals surface area contributed by atoms with Crippen molar-refractivity contribution in [2.24, 2.45) is 7.05 Å². The van der Waals surface area contributed by atoms with Crippen molar-refractivity contribution in [1.82, 2.24) is 4.57 Å². The highest BCUT2D eigenvalue weighted by Crippen LogP contribution is 2.09. The van der Waals surface area contributed by atoms with Gasteiger partial charge in [0.25, 0.3) is 5.56 Å². The maximum Gasteiger partial charge on any atom is 0.251 e. The van der Waals surface area contributed by atoms with Crippen LogP contribution in [-0.2, 0) is 18.4 Å². The van der Waals surface area contributed by atoms with E-state index in [1.807, 2.05) is 48.3 Å². The van der Waals surface area contributed by atoms with Gasteiger partial charge in [-0.2, -0.15) is 0 Å². The quantitative estimate of drug-likeness (QED) is 0.840. The van der Waals surface area contributed by atoms with Gasteiger partial charge in [-0.1, -0.05) is 36.4 Å². The van der Waals surface area contributed by atoms with Crippen molar-refractivity contribution in [1.29, 1.82) is 0 Å². The summed E-state index contributed by atoms with van der Waals surface area (Å²) in [6, 6.07) is 14.9. The number of aromatic nitrogens is 1. The molecule has 0 radical (unpaired) electrons. The van der Waals surface area contributed by atoms with Gasteiger partial charge in [-0.05, 0) is 11.6 Å². The molecule has 0 saturated carbocycles. The Morgan fingerprint density at radius 1 is 1.18 bits per heavy atom. The van der Waals surface area contributed by atoms with Gasteiger partial charge in [0, 0.05) is 26.7 Å². The van der Waals surface area contributed by atoms with E-state index in [0.29, 0.717) is 13.2 Å². The second-order valence-corrected chi connectivity index (χ2v) is 5.32.